The number of halogens is 1. The molecule has 0 aliphatic rings. The Morgan fingerprint density at radius 2 is 2.25 bits per heavy atom. The summed E-state index contributed by atoms with van der Waals surface area (Å²) in [4.78, 5) is 11.4. The number of amides is 1. The molecule has 0 saturated carbocycles. The smallest absolute Gasteiger partial charge is 0.220 e. The minimum atomic E-state index is 0.00780. The highest BCUT2D eigenvalue weighted by Gasteiger charge is 2.01. The van der Waals surface area contributed by atoms with E-state index in [9.17, 15) is 4.79 Å². The van der Waals surface area contributed by atoms with E-state index in [1.54, 1.807) is 0 Å². The first-order valence-corrected chi connectivity index (χ1v) is 5.72. The van der Waals surface area contributed by atoms with Crippen LogP contribution >= 0.6 is 11.6 Å². The Hall–Kier alpha value is -1.06. The van der Waals surface area contributed by atoms with Gasteiger partial charge in [-0.3, -0.25) is 4.79 Å². The fourth-order valence-corrected chi connectivity index (χ4v) is 1.56. The van der Waals surface area contributed by atoms with Crippen molar-refractivity contribution in [2.24, 2.45) is 0 Å². The number of hydrogen-bond acceptors (Lipinski definition) is 2. The lowest BCUT2D eigenvalue weighted by Gasteiger charge is -2.04. The predicted molar refractivity (Wildman–Crippen MR) is 64.5 cm³/mol. The number of aliphatic hydroxyl groups excluding tert-OH is 1. The van der Waals surface area contributed by atoms with Crippen molar-refractivity contribution in [2.45, 2.75) is 19.3 Å². The average molecular weight is 242 g/mol. The summed E-state index contributed by atoms with van der Waals surface area (Å²) in [6.07, 6.45) is 1.74. The number of rotatable bonds is 6. The zero-order valence-electron chi connectivity index (χ0n) is 9.08. The molecule has 1 aromatic rings. The largest absolute Gasteiger partial charge is 0.396 e. The summed E-state index contributed by atoms with van der Waals surface area (Å²) in [7, 11) is 0. The first kappa shape index (κ1) is 13.0. The molecule has 2 N–H and O–H groups in total. The number of carbonyl (C=O) groups excluding carboxylic acids is 1. The summed E-state index contributed by atoms with van der Waals surface area (Å²) in [5, 5.41) is 12.0. The van der Waals surface area contributed by atoms with Crippen molar-refractivity contribution in [1.29, 1.82) is 0 Å². The molecular weight excluding hydrogens is 226 g/mol. The van der Waals surface area contributed by atoms with Crippen molar-refractivity contribution in [3.8, 4) is 0 Å². The molecule has 1 rings (SSSR count). The van der Waals surface area contributed by atoms with Crippen molar-refractivity contribution >= 4 is 17.5 Å². The van der Waals surface area contributed by atoms with Gasteiger partial charge in [0.15, 0.2) is 0 Å². The highest BCUT2D eigenvalue weighted by molar-refractivity contribution is 6.30. The van der Waals surface area contributed by atoms with Crippen LogP contribution in [0.3, 0.4) is 0 Å². The minimum absolute atomic E-state index is 0.00780. The van der Waals surface area contributed by atoms with Crippen molar-refractivity contribution in [2.75, 3.05) is 13.2 Å². The third-order valence-electron chi connectivity index (χ3n) is 2.19. The molecule has 4 heteroatoms. The fraction of sp³-hybridized carbons (Fsp3) is 0.417. The van der Waals surface area contributed by atoms with Crippen LogP contribution < -0.4 is 5.32 Å². The quantitative estimate of drug-likeness (QED) is 0.746. The van der Waals surface area contributed by atoms with Gasteiger partial charge in [0.25, 0.3) is 0 Å². The van der Waals surface area contributed by atoms with Crippen LogP contribution in [0.1, 0.15) is 18.4 Å². The Balaban J connectivity index is 2.26. The molecule has 0 radical (unpaired) electrons. The summed E-state index contributed by atoms with van der Waals surface area (Å²) in [5.41, 5.74) is 1.06. The van der Waals surface area contributed by atoms with Crippen LogP contribution in [0.5, 0.6) is 0 Å². The van der Waals surface area contributed by atoms with Gasteiger partial charge in [0.1, 0.15) is 0 Å². The first-order valence-electron chi connectivity index (χ1n) is 5.34. The molecule has 0 bridgehead atoms. The van der Waals surface area contributed by atoms with Crippen LogP contribution in [0.15, 0.2) is 24.3 Å². The third kappa shape index (κ3) is 5.14. The summed E-state index contributed by atoms with van der Waals surface area (Å²) < 4.78 is 0. The molecule has 0 aliphatic heterocycles. The SMILES string of the molecule is O=C(CCc1cccc(Cl)c1)NCCCO. The molecule has 0 aromatic heterocycles. The maximum Gasteiger partial charge on any atom is 0.220 e. The number of benzene rings is 1. The molecule has 0 saturated heterocycles. The maximum absolute atomic E-state index is 11.4. The summed E-state index contributed by atoms with van der Waals surface area (Å²) in [5.74, 6) is 0.00780. The van der Waals surface area contributed by atoms with E-state index in [4.69, 9.17) is 16.7 Å². The van der Waals surface area contributed by atoms with Gasteiger partial charge >= 0.3 is 0 Å². The molecule has 0 atom stereocenters. The highest BCUT2D eigenvalue weighted by Crippen LogP contribution is 2.11. The lowest BCUT2D eigenvalue weighted by Crippen LogP contribution is -2.25. The van der Waals surface area contributed by atoms with Crippen LogP contribution in [0.2, 0.25) is 5.02 Å². The van der Waals surface area contributed by atoms with E-state index in [0.29, 0.717) is 30.8 Å². The number of nitrogens with one attached hydrogen (secondary N) is 1. The van der Waals surface area contributed by atoms with Gasteiger partial charge < -0.3 is 10.4 Å². The average Bonchev–Trinajstić information content (AvgIpc) is 2.27. The van der Waals surface area contributed by atoms with E-state index in [-0.39, 0.29) is 12.5 Å². The maximum atomic E-state index is 11.4. The van der Waals surface area contributed by atoms with Crippen LogP contribution in [0.4, 0.5) is 0 Å². The molecule has 3 nitrogen and oxygen atoms in total. The number of aryl methyl sites for hydroxylation is 1. The molecule has 1 aromatic carbocycles. The molecule has 0 unspecified atom stereocenters. The van der Waals surface area contributed by atoms with Crippen molar-refractivity contribution in [3.05, 3.63) is 34.9 Å². The molecule has 16 heavy (non-hydrogen) atoms. The zero-order valence-corrected chi connectivity index (χ0v) is 9.83. The highest BCUT2D eigenvalue weighted by atomic mass is 35.5. The van der Waals surface area contributed by atoms with E-state index in [1.165, 1.54) is 0 Å². The van der Waals surface area contributed by atoms with E-state index in [1.807, 2.05) is 24.3 Å². The number of carbonyl (C=O) groups is 1. The molecule has 0 aliphatic carbocycles. The monoisotopic (exact) mass is 241 g/mol. The van der Waals surface area contributed by atoms with E-state index in [0.717, 1.165) is 5.56 Å². The van der Waals surface area contributed by atoms with Gasteiger partial charge in [-0.25, -0.2) is 0 Å². The van der Waals surface area contributed by atoms with E-state index in [2.05, 4.69) is 5.32 Å². The lowest BCUT2D eigenvalue weighted by atomic mass is 10.1. The van der Waals surface area contributed by atoms with Crippen LogP contribution in [-0.2, 0) is 11.2 Å². The van der Waals surface area contributed by atoms with Gasteiger partial charge in [0.2, 0.25) is 5.91 Å². The summed E-state index contributed by atoms with van der Waals surface area (Å²) in [6, 6.07) is 7.50. The van der Waals surface area contributed by atoms with Gasteiger partial charge in [0.05, 0.1) is 0 Å². The lowest BCUT2D eigenvalue weighted by molar-refractivity contribution is -0.121. The molecule has 0 spiro atoms. The van der Waals surface area contributed by atoms with Gasteiger partial charge in [-0.2, -0.15) is 0 Å². The zero-order chi connectivity index (χ0) is 11.8. The number of aliphatic hydroxyl groups is 1. The molecule has 0 fully saturated rings. The Morgan fingerprint density at radius 3 is 2.94 bits per heavy atom. The molecule has 88 valence electrons. The van der Waals surface area contributed by atoms with Crippen molar-refractivity contribution < 1.29 is 9.90 Å². The van der Waals surface area contributed by atoms with E-state index >= 15 is 0 Å². The van der Waals surface area contributed by atoms with Gasteiger partial charge in [-0.15, -0.1) is 0 Å². The summed E-state index contributed by atoms with van der Waals surface area (Å²) >= 11 is 5.83. The van der Waals surface area contributed by atoms with Gasteiger partial charge in [-0.05, 0) is 30.5 Å². The Bertz CT molecular complexity index is 342. The first-order chi connectivity index (χ1) is 7.72. The third-order valence-corrected chi connectivity index (χ3v) is 2.42. The van der Waals surface area contributed by atoms with Gasteiger partial charge in [-0.1, -0.05) is 23.7 Å². The normalized spacial score (nSPS) is 10.1. The van der Waals surface area contributed by atoms with Crippen LogP contribution in [0.25, 0.3) is 0 Å². The molecular formula is C12H16ClNO2. The fourth-order valence-electron chi connectivity index (χ4n) is 1.35. The Kier molecular flexibility index (Phi) is 5.90. The standard InChI is InChI=1S/C12H16ClNO2/c13-11-4-1-3-10(9-11)5-6-12(16)14-7-2-8-15/h1,3-4,9,15H,2,5-8H2,(H,14,16). The predicted octanol–water partition coefficient (Wildman–Crippen LogP) is 1.77. The summed E-state index contributed by atoms with van der Waals surface area (Å²) in [6.45, 7) is 0.638. The van der Waals surface area contributed by atoms with Crippen molar-refractivity contribution in [1.82, 2.24) is 5.32 Å². The van der Waals surface area contributed by atoms with Crippen molar-refractivity contribution in [3.63, 3.8) is 0 Å². The second-order valence-electron chi connectivity index (χ2n) is 3.56. The molecule has 0 heterocycles. The topological polar surface area (TPSA) is 49.3 Å². The molecule has 1 amide bonds. The minimum Gasteiger partial charge on any atom is -0.396 e. The second kappa shape index (κ2) is 7.25. The van der Waals surface area contributed by atoms with Crippen LogP contribution in [0, 0.1) is 0 Å². The number of hydrogen-bond donors (Lipinski definition) is 2. The van der Waals surface area contributed by atoms with E-state index < -0.39 is 0 Å². The Labute approximate surface area is 100 Å². The van der Waals surface area contributed by atoms with Gasteiger partial charge in [0, 0.05) is 24.6 Å². The Morgan fingerprint density at radius 1 is 1.44 bits per heavy atom. The van der Waals surface area contributed by atoms with Crippen LogP contribution in [-0.4, -0.2) is 24.2 Å². The second-order valence-corrected chi connectivity index (χ2v) is 3.99.